The Labute approximate surface area is 154 Å². The molecule has 0 bridgehead atoms. The van der Waals surface area contributed by atoms with Gasteiger partial charge in [0.25, 0.3) is 0 Å². The molecule has 3 heterocycles. The molecule has 3 aromatic rings. The molecule has 1 N–H and O–H groups in total. The number of benzene rings is 1. The number of carbonyl (C=O) groups is 1. The van der Waals surface area contributed by atoms with Crippen LogP contribution in [0.2, 0.25) is 0 Å². The molecule has 1 amide bonds. The maximum absolute atomic E-state index is 13.3. The summed E-state index contributed by atoms with van der Waals surface area (Å²) in [5.41, 5.74) is 0.945. The van der Waals surface area contributed by atoms with Gasteiger partial charge in [-0.15, -0.1) is 0 Å². The number of aromatic nitrogens is 2. The summed E-state index contributed by atoms with van der Waals surface area (Å²) in [4.78, 5) is 23.6. The average Bonchev–Trinajstić information content (AvgIpc) is 3.10. The van der Waals surface area contributed by atoms with Crippen LogP contribution in [0.1, 0.15) is 12.8 Å². The molecule has 1 aromatic carbocycles. The van der Waals surface area contributed by atoms with Crippen molar-refractivity contribution >= 4 is 33.1 Å². The van der Waals surface area contributed by atoms with Crippen LogP contribution in [0, 0.1) is 11.9 Å². The first-order chi connectivity index (χ1) is 12.6. The van der Waals surface area contributed by atoms with Gasteiger partial charge in [-0.3, -0.25) is 4.79 Å². The SMILES string of the molecule is CN1CCC(C(=O)Nc2ncc(-c3ccc4cnc(F)cc4c3)s2)CC1. The summed E-state index contributed by atoms with van der Waals surface area (Å²) in [5, 5.41) is 5.22. The third-order valence-electron chi connectivity index (χ3n) is 4.80. The van der Waals surface area contributed by atoms with Gasteiger partial charge in [-0.1, -0.05) is 23.5 Å². The number of halogens is 1. The first-order valence-electron chi connectivity index (χ1n) is 8.59. The van der Waals surface area contributed by atoms with Crippen molar-refractivity contribution in [3.8, 4) is 10.4 Å². The third kappa shape index (κ3) is 3.59. The first kappa shape index (κ1) is 17.1. The minimum Gasteiger partial charge on any atom is -0.306 e. The van der Waals surface area contributed by atoms with E-state index in [0.717, 1.165) is 47.1 Å². The number of nitrogens with zero attached hydrogens (tertiary/aromatic N) is 3. The Morgan fingerprint density at radius 1 is 1.19 bits per heavy atom. The van der Waals surface area contributed by atoms with Crippen molar-refractivity contribution in [2.45, 2.75) is 12.8 Å². The third-order valence-corrected chi connectivity index (χ3v) is 5.76. The van der Waals surface area contributed by atoms with Crippen molar-refractivity contribution in [2.24, 2.45) is 5.92 Å². The zero-order valence-corrected chi connectivity index (χ0v) is 15.2. The van der Waals surface area contributed by atoms with Gasteiger partial charge < -0.3 is 10.2 Å². The van der Waals surface area contributed by atoms with Gasteiger partial charge in [0, 0.05) is 29.8 Å². The lowest BCUT2D eigenvalue weighted by atomic mass is 9.96. The maximum atomic E-state index is 13.3. The van der Waals surface area contributed by atoms with Crippen molar-refractivity contribution in [3.05, 3.63) is 42.6 Å². The van der Waals surface area contributed by atoms with Gasteiger partial charge in [-0.05, 0) is 50.0 Å². The van der Waals surface area contributed by atoms with Crippen LogP contribution in [0.3, 0.4) is 0 Å². The minimum atomic E-state index is -0.495. The molecule has 1 aliphatic rings. The van der Waals surface area contributed by atoms with Crippen molar-refractivity contribution in [2.75, 3.05) is 25.5 Å². The predicted octanol–water partition coefficient (Wildman–Crippen LogP) is 3.78. The second-order valence-electron chi connectivity index (χ2n) is 6.67. The van der Waals surface area contributed by atoms with Crippen LogP contribution < -0.4 is 5.32 Å². The molecule has 1 fully saturated rings. The van der Waals surface area contributed by atoms with E-state index in [1.165, 1.54) is 23.6 Å². The molecule has 0 unspecified atom stereocenters. The topological polar surface area (TPSA) is 58.1 Å². The van der Waals surface area contributed by atoms with E-state index in [2.05, 4.69) is 27.2 Å². The molecule has 0 saturated carbocycles. The Hall–Kier alpha value is -2.38. The highest BCUT2D eigenvalue weighted by molar-refractivity contribution is 7.19. The molecule has 5 nitrogen and oxygen atoms in total. The van der Waals surface area contributed by atoms with Crippen molar-refractivity contribution in [1.29, 1.82) is 0 Å². The Morgan fingerprint density at radius 2 is 2.00 bits per heavy atom. The Kier molecular flexibility index (Phi) is 4.65. The smallest absolute Gasteiger partial charge is 0.229 e. The molecule has 26 heavy (non-hydrogen) atoms. The molecule has 2 aromatic heterocycles. The zero-order chi connectivity index (χ0) is 18.1. The molecule has 0 radical (unpaired) electrons. The number of likely N-dealkylation sites (tertiary alicyclic amines) is 1. The lowest BCUT2D eigenvalue weighted by Gasteiger charge is -2.27. The van der Waals surface area contributed by atoms with E-state index in [9.17, 15) is 9.18 Å². The molecule has 0 spiro atoms. The van der Waals surface area contributed by atoms with Crippen LogP contribution in [0.15, 0.2) is 36.7 Å². The lowest BCUT2D eigenvalue weighted by molar-refractivity contribution is -0.121. The number of rotatable bonds is 3. The highest BCUT2D eigenvalue weighted by atomic mass is 32.1. The quantitative estimate of drug-likeness (QED) is 0.713. The fourth-order valence-electron chi connectivity index (χ4n) is 3.21. The molecule has 0 atom stereocenters. The molecule has 0 aliphatic carbocycles. The van der Waals surface area contributed by atoms with Gasteiger partial charge in [-0.2, -0.15) is 4.39 Å². The van der Waals surface area contributed by atoms with E-state index in [1.807, 2.05) is 18.2 Å². The minimum absolute atomic E-state index is 0.0469. The Balaban J connectivity index is 1.50. The van der Waals surface area contributed by atoms with Crippen molar-refractivity contribution in [3.63, 3.8) is 0 Å². The highest BCUT2D eigenvalue weighted by Crippen LogP contribution is 2.31. The molecule has 7 heteroatoms. The molecule has 4 rings (SSSR count). The summed E-state index contributed by atoms with van der Waals surface area (Å²) in [6, 6.07) is 7.20. The number of anilines is 1. The standard InChI is InChI=1S/C19H19FN4OS/c1-24-6-4-12(5-7-24)18(25)23-19-22-11-16(26-19)13-2-3-14-10-21-17(20)9-15(14)8-13/h2-3,8-12H,4-7H2,1H3,(H,22,23,25). The number of fused-ring (bicyclic) bond motifs is 1. The van der Waals surface area contributed by atoms with Gasteiger partial charge in [0.15, 0.2) is 5.13 Å². The van der Waals surface area contributed by atoms with Gasteiger partial charge in [0.05, 0.1) is 4.88 Å². The summed E-state index contributed by atoms with van der Waals surface area (Å²) in [6.45, 7) is 1.90. The largest absolute Gasteiger partial charge is 0.306 e. The highest BCUT2D eigenvalue weighted by Gasteiger charge is 2.24. The van der Waals surface area contributed by atoms with E-state index < -0.39 is 5.95 Å². The summed E-state index contributed by atoms with van der Waals surface area (Å²) in [5.74, 6) is -0.398. The maximum Gasteiger partial charge on any atom is 0.229 e. The van der Waals surface area contributed by atoms with Gasteiger partial charge in [0.1, 0.15) is 0 Å². The first-order valence-corrected chi connectivity index (χ1v) is 9.41. The van der Waals surface area contributed by atoms with Crippen LogP contribution in [-0.2, 0) is 4.79 Å². The van der Waals surface area contributed by atoms with E-state index in [0.29, 0.717) is 5.13 Å². The lowest BCUT2D eigenvalue weighted by Crippen LogP contribution is -2.35. The van der Waals surface area contributed by atoms with Crippen LogP contribution in [0.25, 0.3) is 21.2 Å². The zero-order valence-electron chi connectivity index (χ0n) is 14.4. The number of hydrogen-bond donors (Lipinski definition) is 1. The van der Waals surface area contributed by atoms with Crippen LogP contribution >= 0.6 is 11.3 Å². The molecule has 1 saturated heterocycles. The number of thiazole rings is 1. The van der Waals surface area contributed by atoms with E-state index in [-0.39, 0.29) is 11.8 Å². The van der Waals surface area contributed by atoms with Gasteiger partial charge in [0.2, 0.25) is 11.9 Å². The van der Waals surface area contributed by atoms with Crippen molar-refractivity contribution in [1.82, 2.24) is 14.9 Å². The second-order valence-corrected chi connectivity index (χ2v) is 7.70. The number of carbonyl (C=O) groups excluding carboxylic acids is 1. The number of piperidine rings is 1. The fourth-order valence-corrected chi connectivity index (χ4v) is 4.03. The summed E-state index contributed by atoms with van der Waals surface area (Å²) in [6.07, 6.45) is 5.03. The molecular formula is C19H19FN4OS. The van der Waals surface area contributed by atoms with Crippen LogP contribution in [0.5, 0.6) is 0 Å². The number of amides is 1. The second kappa shape index (κ2) is 7.09. The molecule has 134 valence electrons. The van der Waals surface area contributed by atoms with Crippen molar-refractivity contribution < 1.29 is 9.18 Å². The van der Waals surface area contributed by atoms with E-state index >= 15 is 0 Å². The predicted molar refractivity (Wildman–Crippen MR) is 102 cm³/mol. The summed E-state index contributed by atoms with van der Waals surface area (Å²) < 4.78 is 13.3. The van der Waals surface area contributed by atoms with Crippen LogP contribution in [-0.4, -0.2) is 40.9 Å². The summed E-state index contributed by atoms with van der Waals surface area (Å²) >= 11 is 1.43. The Bertz CT molecular complexity index is 950. The van der Waals surface area contributed by atoms with E-state index in [4.69, 9.17) is 0 Å². The molecular weight excluding hydrogens is 351 g/mol. The van der Waals surface area contributed by atoms with Gasteiger partial charge in [-0.25, -0.2) is 9.97 Å². The average molecular weight is 370 g/mol. The summed E-state index contributed by atoms with van der Waals surface area (Å²) in [7, 11) is 2.08. The monoisotopic (exact) mass is 370 g/mol. The number of pyridine rings is 1. The number of hydrogen-bond acceptors (Lipinski definition) is 5. The molecule has 1 aliphatic heterocycles. The fraction of sp³-hybridized carbons (Fsp3) is 0.316. The van der Waals surface area contributed by atoms with E-state index in [1.54, 1.807) is 6.20 Å². The van der Waals surface area contributed by atoms with Crippen LogP contribution in [0.4, 0.5) is 9.52 Å². The Morgan fingerprint density at radius 3 is 2.81 bits per heavy atom. The number of nitrogens with one attached hydrogen (secondary N) is 1. The van der Waals surface area contributed by atoms with Gasteiger partial charge >= 0.3 is 0 Å². The normalized spacial score (nSPS) is 16.1.